The fraction of sp³-hybridized carbons (Fsp3) is 0.462. The first kappa shape index (κ1) is 23.1. The zero-order valence-corrected chi connectivity index (χ0v) is 20.2. The first-order valence-corrected chi connectivity index (χ1v) is 13.3. The summed E-state index contributed by atoms with van der Waals surface area (Å²) in [4.78, 5) is 20.1. The molecule has 34 heavy (non-hydrogen) atoms. The first-order valence-electron chi connectivity index (χ1n) is 12.0. The molecule has 1 saturated carbocycles. The molecule has 5 rings (SSSR count). The molecule has 0 atom stereocenters. The van der Waals surface area contributed by atoms with E-state index in [2.05, 4.69) is 20.3 Å². The van der Waals surface area contributed by atoms with Crippen LogP contribution in [0.1, 0.15) is 67.0 Å². The molecule has 2 aromatic heterocycles. The summed E-state index contributed by atoms with van der Waals surface area (Å²) >= 11 is 1.54. The normalized spacial score (nSPS) is 18.9. The van der Waals surface area contributed by atoms with E-state index in [4.69, 9.17) is 0 Å². The molecule has 0 amide bonds. The lowest BCUT2D eigenvalue weighted by atomic mass is 9.95. The number of aromatic nitrogens is 2. The topological polar surface area (TPSA) is 50.2 Å². The zero-order valence-electron chi connectivity index (χ0n) is 19.4. The molecular formula is C26H30F2N4OS. The number of piperidine rings is 1. The maximum absolute atomic E-state index is 13.7. The lowest BCUT2D eigenvalue weighted by Gasteiger charge is -2.32. The van der Waals surface area contributed by atoms with Crippen molar-refractivity contribution in [3.63, 3.8) is 0 Å². The Kier molecular flexibility index (Phi) is 6.51. The van der Waals surface area contributed by atoms with E-state index in [9.17, 15) is 13.6 Å². The molecule has 0 bridgehead atoms. The average Bonchev–Trinajstić information content (AvgIpc) is 3.23. The molecule has 0 radical (unpaired) electrons. The second kappa shape index (κ2) is 9.56. The van der Waals surface area contributed by atoms with E-state index >= 15 is 0 Å². The number of nitrogens with one attached hydrogen (secondary N) is 1. The molecule has 0 spiro atoms. The number of alkyl halides is 2. The number of ketones is 1. The van der Waals surface area contributed by atoms with Gasteiger partial charge in [0.25, 0.3) is 5.92 Å². The molecule has 1 aliphatic carbocycles. The van der Waals surface area contributed by atoms with Crippen molar-refractivity contribution in [3.8, 4) is 0 Å². The molecular weight excluding hydrogens is 454 g/mol. The Morgan fingerprint density at radius 1 is 1.12 bits per heavy atom. The van der Waals surface area contributed by atoms with Gasteiger partial charge in [-0.15, -0.1) is 0 Å². The summed E-state index contributed by atoms with van der Waals surface area (Å²) in [7, 11) is 0. The number of benzene rings is 1. The highest BCUT2D eigenvalue weighted by molar-refractivity contribution is 7.99. The summed E-state index contributed by atoms with van der Waals surface area (Å²) in [6.07, 6.45) is 9.52. The molecule has 0 unspecified atom stereocenters. The van der Waals surface area contributed by atoms with E-state index in [-0.39, 0.29) is 31.7 Å². The lowest BCUT2D eigenvalue weighted by Crippen LogP contribution is -2.39. The van der Waals surface area contributed by atoms with Gasteiger partial charge in [-0.25, -0.2) is 13.8 Å². The molecule has 180 valence electrons. The van der Waals surface area contributed by atoms with Crippen molar-refractivity contribution in [2.24, 2.45) is 0 Å². The summed E-state index contributed by atoms with van der Waals surface area (Å²) in [6, 6.07) is 11.8. The summed E-state index contributed by atoms with van der Waals surface area (Å²) in [6.45, 7) is 0.480. The van der Waals surface area contributed by atoms with Crippen molar-refractivity contribution >= 4 is 40.1 Å². The van der Waals surface area contributed by atoms with Gasteiger partial charge < -0.3 is 14.2 Å². The van der Waals surface area contributed by atoms with Gasteiger partial charge in [-0.3, -0.25) is 4.79 Å². The van der Waals surface area contributed by atoms with Gasteiger partial charge in [0.15, 0.2) is 0 Å². The van der Waals surface area contributed by atoms with Crippen molar-refractivity contribution < 1.29 is 13.6 Å². The second-order valence-electron chi connectivity index (χ2n) is 9.33. The number of rotatable bonds is 6. The smallest absolute Gasteiger partial charge is 0.251 e. The monoisotopic (exact) mass is 484 g/mol. The number of halogens is 2. The van der Waals surface area contributed by atoms with Crippen LogP contribution >= 0.6 is 11.9 Å². The minimum absolute atomic E-state index is 0.130. The maximum atomic E-state index is 13.7. The fourth-order valence-corrected chi connectivity index (χ4v) is 5.56. The molecule has 5 nitrogen and oxygen atoms in total. The van der Waals surface area contributed by atoms with Crippen LogP contribution in [0, 0.1) is 0 Å². The third-order valence-corrected chi connectivity index (χ3v) is 7.49. The van der Waals surface area contributed by atoms with E-state index in [0.29, 0.717) is 23.1 Å². The van der Waals surface area contributed by atoms with Gasteiger partial charge in [0.2, 0.25) is 5.78 Å². The van der Waals surface area contributed by atoms with Crippen molar-refractivity contribution in [2.45, 2.75) is 56.9 Å². The molecule has 2 fully saturated rings. The summed E-state index contributed by atoms with van der Waals surface area (Å²) in [5, 5.41) is 0.923. The number of anilines is 2. The molecule has 1 N–H and O–H groups in total. The van der Waals surface area contributed by atoms with Gasteiger partial charge in [0.05, 0.1) is 5.52 Å². The van der Waals surface area contributed by atoms with Crippen LogP contribution in [0.25, 0.3) is 10.9 Å². The molecule has 2 aliphatic rings. The quantitative estimate of drug-likeness (QED) is 0.312. The van der Waals surface area contributed by atoms with Gasteiger partial charge in [-0.05, 0) is 37.1 Å². The van der Waals surface area contributed by atoms with E-state index in [1.54, 1.807) is 30.1 Å². The molecule has 8 heteroatoms. The van der Waals surface area contributed by atoms with E-state index < -0.39 is 5.92 Å². The summed E-state index contributed by atoms with van der Waals surface area (Å²) < 4.78 is 32.8. The largest absolute Gasteiger partial charge is 0.356 e. The lowest BCUT2D eigenvalue weighted by molar-refractivity contribution is -0.0221. The Hall–Kier alpha value is -2.61. The van der Waals surface area contributed by atoms with Crippen molar-refractivity contribution in [3.05, 3.63) is 53.9 Å². The molecule has 1 aromatic carbocycles. The van der Waals surface area contributed by atoms with Crippen LogP contribution in [0.4, 0.5) is 20.3 Å². The van der Waals surface area contributed by atoms with Crippen LogP contribution in [0.15, 0.2) is 42.6 Å². The van der Waals surface area contributed by atoms with Crippen molar-refractivity contribution in [2.75, 3.05) is 29.0 Å². The molecule has 3 heterocycles. The number of nitrogens with zero attached hydrogens (tertiary/aromatic N) is 3. The van der Waals surface area contributed by atoms with Gasteiger partial charge in [0, 0.05) is 61.1 Å². The number of pyridine rings is 1. The second-order valence-corrected chi connectivity index (χ2v) is 9.95. The first-order chi connectivity index (χ1) is 16.4. The van der Waals surface area contributed by atoms with Crippen LogP contribution in [-0.4, -0.2) is 40.6 Å². The van der Waals surface area contributed by atoms with Crippen LogP contribution in [-0.2, 0) is 0 Å². The number of fused-ring (bicyclic) bond motifs is 1. The predicted molar refractivity (Wildman–Crippen MR) is 135 cm³/mol. The minimum atomic E-state index is -2.62. The summed E-state index contributed by atoms with van der Waals surface area (Å²) in [5.74, 6) is -2.16. The van der Waals surface area contributed by atoms with E-state index in [1.807, 2.05) is 29.5 Å². The Morgan fingerprint density at radius 2 is 1.88 bits per heavy atom. The van der Waals surface area contributed by atoms with Crippen LogP contribution in [0.2, 0.25) is 0 Å². The number of carbonyl (C=O) groups is 1. The maximum Gasteiger partial charge on any atom is 0.251 e. The highest BCUT2D eigenvalue weighted by atomic mass is 32.2. The third-order valence-electron chi connectivity index (χ3n) is 7.05. The SMILES string of the molecule is CSNc1ccc2c(C(=O)c3cccc(N4CCC(F)(F)CC4)n3)cn(C3CCCCC3)c2c1. The number of hydrogen-bond donors (Lipinski definition) is 1. The Morgan fingerprint density at radius 3 is 2.62 bits per heavy atom. The fourth-order valence-electron chi connectivity index (χ4n) is 5.20. The molecule has 1 saturated heterocycles. The van der Waals surface area contributed by atoms with Crippen LogP contribution < -0.4 is 9.62 Å². The number of hydrogen-bond acceptors (Lipinski definition) is 5. The average molecular weight is 485 g/mol. The predicted octanol–water partition coefficient (Wildman–Crippen LogP) is 6.70. The van der Waals surface area contributed by atoms with Crippen molar-refractivity contribution in [1.82, 2.24) is 9.55 Å². The third kappa shape index (κ3) is 4.65. The van der Waals surface area contributed by atoms with Crippen LogP contribution in [0.3, 0.4) is 0 Å². The van der Waals surface area contributed by atoms with Gasteiger partial charge in [-0.1, -0.05) is 43.3 Å². The van der Waals surface area contributed by atoms with Gasteiger partial charge in [0.1, 0.15) is 11.5 Å². The highest BCUT2D eigenvalue weighted by Crippen LogP contribution is 2.36. The standard InChI is InChI=1S/C26H30F2N4OS/c1-34-30-18-10-11-20-21(17-32(23(20)16-18)19-6-3-2-4-7-19)25(33)22-8-5-9-24(29-22)31-14-12-26(27,28)13-15-31/h5,8-11,16-17,19,30H,2-4,6-7,12-15H2,1H3. The number of carbonyl (C=O) groups excluding carboxylic acids is 1. The Balaban J connectivity index is 1.49. The molecule has 1 aliphatic heterocycles. The van der Waals surface area contributed by atoms with Gasteiger partial charge in [-0.2, -0.15) is 0 Å². The van der Waals surface area contributed by atoms with Crippen LogP contribution in [0.5, 0.6) is 0 Å². The van der Waals surface area contributed by atoms with Crippen molar-refractivity contribution in [1.29, 1.82) is 0 Å². The highest BCUT2D eigenvalue weighted by Gasteiger charge is 2.34. The minimum Gasteiger partial charge on any atom is -0.356 e. The Bertz CT molecular complexity index is 1180. The van der Waals surface area contributed by atoms with E-state index in [1.165, 1.54) is 19.3 Å². The summed E-state index contributed by atoms with van der Waals surface area (Å²) in [5.41, 5.74) is 3.06. The van der Waals surface area contributed by atoms with E-state index in [0.717, 1.165) is 29.4 Å². The van der Waals surface area contributed by atoms with Gasteiger partial charge >= 0.3 is 0 Å². The zero-order chi connectivity index (χ0) is 23.7. The molecule has 3 aromatic rings. The Labute approximate surface area is 203 Å².